The van der Waals surface area contributed by atoms with E-state index in [2.05, 4.69) is 9.97 Å². The molecule has 0 unspecified atom stereocenters. The molecular weight excluding hydrogens is 202 g/mol. The van der Waals surface area contributed by atoms with E-state index in [1.54, 1.807) is 6.20 Å². The standard InChI is InChI=1S/C12H13N3O/c1-8-14-7-11(15-8)10-4-2-9(3-5-10)6-12(13)16/h2-5,7H,6H2,1H3,(H2,13,16)(H,14,15). The molecule has 0 saturated carbocycles. The van der Waals surface area contributed by atoms with Gasteiger partial charge in [-0.15, -0.1) is 0 Å². The molecule has 1 heterocycles. The summed E-state index contributed by atoms with van der Waals surface area (Å²) in [5.41, 5.74) is 8.07. The first-order valence-electron chi connectivity index (χ1n) is 5.04. The number of hydrogen-bond acceptors (Lipinski definition) is 2. The van der Waals surface area contributed by atoms with E-state index < -0.39 is 0 Å². The number of primary amides is 1. The van der Waals surface area contributed by atoms with Crippen LogP contribution >= 0.6 is 0 Å². The van der Waals surface area contributed by atoms with Gasteiger partial charge in [0.15, 0.2) is 0 Å². The van der Waals surface area contributed by atoms with E-state index in [0.717, 1.165) is 22.6 Å². The van der Waals surface area contributed by atoms with Crippen molar-refractivity contribution in [1.82, 2.24) is 9.97 Å². The third-order valence-electron chi connectivity index (χ3n) is 2.35. The first-order chi connectivity index (χ1) is 7.65. The number of aromatic nitrogens is 2. The van der Waals surface area contributed by atoms with Gasteiger partial charge < -0.3 is 10.7 Å². The molecule has 0 aliphatic carbocycles. The second-order valence-electron chi connectivity index (χ2n) is 3.72. The summed E-state index contributed by atoms with van der Waals surface area (Å²) in [4.78, 5) is 18.0. The highest BCUT2D eigenvalue weighted by Crippen LogP contribution is 2.17. The lowest BCUT2D eigenvalue weighted by molar-refractivity contribution is -0.117. The molecular formula is C12H13N3O. The number of aromatic amines is 1. The summed E-state index contributed by atoms with van der Waals surface area (Å²) < 4.78 is 0. The first-order valence-corrected chi connectivity index (χ1v) is 5.04. The van der Waals surface area contributed by atoms with E-state index in [0.29, 0.717) is 0 Å². The van der Waals surface area contributed by atoms with E-state index in [9.17, 15) is 4.79 Å². The largest absolute Gasteiger partial charge is 0.369 e. The maximum atomic E-state index is 10.7. The number of aryl methyl sites for hydroxylation is 1. The van der Waals surface area contributed by atoms with Crippen LogP contribution < -0.4 is 5.73 Å². The van der Waals surface area contributed by atoms with Crippen molar-refractivity contribution in [2.45, 2.75) is 13.3 Å². The molecule has 0 aliphatic rings. The van der Waals surface area contributed by atoms with Crippen LogP contribution in [0.1, 0.15) is 11.4 Å². The zero-order valence-corrected chi connectivity index (χ0v) is 9.03. The molecule has 0 saturated heterocycles. The summed E-state index contributed by atoms with van der Waals surface area (Å²) in [6.07, 6.45) is 2.07. The van der Waals surface area contributed by atoms with Gasteiger partial charge in [-0.2, -0.15) is 0 Å². The normalized spacial score (nSPS) is 10.3. The SMILES string of the molecule is Cc1ncc(-c2ccc(CC(N)=O)cc2)[nH]1. The van der Waals surface area contributed by atoms with Crippen LogP contribution in [0, 0.1) is 6.92 Å². The van der Waals surface area contributed by atoms with Gasteiger partial charge in [-0.05, 0) is 18.1 Å². The number of H-pyrrole nitrogens is 1. The van der Waals surface area contributed by atoms with E-state index >= 15 is 0 Å². The van der Waals surface area contributed by atoms with Crippen molar-refractivity contribution in [1.29, 1.82) is 0 Å². The molecule has 1 aromatic carbocycles. The maximum absolute atomic E-state index is 10.7. The fourth-order valence-corrected chi connectivity index (χ4v) is 1.57. The molecule has 2 aromatic rings. The number of nitrogens with two attached hydrogens (primary N) is 1. The Morgan fingerprint density at radius 3 is 2.56 bits per heavy atom. The molecule has 16 heavy (non-hydrogen) atoms. The smallest absolute Gasteiger partial charge is 0.221 e. The van der Waals surface area contributed by atoms with Crippen LogP contribution in [0.3, 0.4) is 0 Å². The zero-order valence-electron chi connectivity index (χ0n) is 9.03. The Kier molecular flexibility index (Phi) is 2.72. The molecule has 0 radical (unpaired) electrons. The van der Waals surface area contributed by atoms with Gasteiger partial charge in [0.2, 0.25) is 5.91 Å². The minimum absolute atomic E-state index is 0.280. The van der Waals surface area contributed by atoms with Crippen molar-refractivity contribution < 1.29 is 4.79 Å². The molecule has 1 aromatic heterocycles. The van der Waals surface area contributed by atoms with Gasteiger partial charge in [0.05, 0.1) is 18.3 Å². The summed E-state index contributed by atoms with van der Waals surface area (Å²) in [5.74, 6) is 0.571. The summed E-state index contributed by atoms with van der Waals surface area (Å²) >= 11 is 0. The molecule has 0 aliphatic heterocycles. The number of carbonyl (C=O) groups is 1. The van der Waals surface area contributed by atoms with Crippen molar-refractivity contribution in [2.24, 2.45) is 5.73 Å². The minimum Gasteiger partial charge on any atom is -0.369 e. The van der Waals surface area contributed by atoms with Crippen molar-refractivity contribution in [3.63, 3.8) is 0 Å². The molecule has 4 heteroatoms. The van der Waals surface area contributed by atoms with Crippen LogP contribution in [-0.4, -0.2) is 15.9 Å². The van der Waals surface area contributed by atoms with Crippen LogP contribution in [0.25, 0.3) is 11.3 Å². The van der Waals surface area contributed by atoms with Crippen molar-refractivity contribution >= 4 is 5.91 Å². The Morgan fingerprint density at radius 1 is 1.38 bits per heavy atom. The van der Waals surface area contributed by atoms with Crippen LogP contribution in [0.15, 0.2) is 30.5 Å². The van der Waals surface area contributed by atoms with Gasteiger partial charge in [-0.1, -0.05) is 24.3 Å². The molecule has 82 valence electrons. The fourth-order valence-electron chi connectivity index (χ4n) is 1.57. The number of imidazole rings is 1. The molecule has 4 nitrogen and oxygen atoms in total. The predicted molar refractivity (Wildman–Crippen MR) is 61.7 cm³/mol. The molecule has 0 spiro atoms. The quantitative estimate of drug-likeness (QED) is 0.812. The summed E-state index contributed by atoms with van der Waals surface area (Å²) in [6.45, 7) is 1.91. The Hall–Kier alpha value is -2.10. The highest BCUT2D eigenvalue weighted by Gasteiger charge is 2.02. The predicted octanol–water partition coefficient (Wildman–Crippen LogP) is 1.41. The van der Waals surface area contributed by atoms with Gasteiger partial charge in [0.1, 0.15) is 5.82 Å². The van der Waals surface area contributed by atoms with Crippen LogP contribution in [-0.2, 0) is 11.2 Å². The van der Waals surface area contributed by atoms with E-state index in [1.807, 2.05) is 31.2 Å². The average Bonchev–Trinajstić information content (AvgIpc) is 2.65. The Bertz CT molecular complexity index is 499. The molecule has 0 atom stereocenters. The number of carbonyl (C=O) groups excluding carboxylic acids is 1. The second-order valence-corrected chi connectivity index (χ2v) is 3.72. The second kappa shape index (κ2) is 4.18. The van der Waals surface area contributed by atoms with Crippen molar-refractivity contribution in [3.8, 4) is 11.3 Å². The number of nitrogens with one attached hydrogen (secondary N) is 1. The Morgan fingerprint density at radius 2 is 2.06 bits per heavy atom. The lowest BCUT2D eigenvalue weighted by Gasteiger charge is -2.00. The molecule has 0 bridgehead atoms. The molecule has 0 fully saturated rings. The molecule has 1 amide bonds. The zero-order chi connectivity index (χ0) is 11.5. The van der Waals surface area contributed by atoms with Crippen LogP contribution in [0.5, 0.6) is 0 Å². The summed E-state index contributed by atoms with van der Waals surface area (Å²) in [6, 6.07) is 7.70. The Labute approximate surface area is 93.5 Å². The number of nitrogens with zero attached hydrogens (tertiary/aromatic N) is 1. The van der Waals surface area contributed by atoms with Crippen LogP contribution in [0.2, 0.25) is 0 Å². The minimum atomic E-state index is -0.315. The number of amides is 1. The van der Waals surface area contributed by atoms with Gasteiger partial charge >= 0.3 is 0 Å². The lowest BCUT2D eigenvalue weighted by atomic mass is 10.1. The maximum Gasteiger partial charge on any atom is 0.221 e. The van der Waals surface area contributed by atoms with Gasteiger partial charge in [0.25, 0.3) is 0 Å². The van der Waals surface area contributed by atoms with E-state index in [4.69, 9.17) is 5.73 Å². The fraction of sp³-hybridized carbons (Fsp3) is 0.167. The molecule has 2 rings (SSSR count). The molecule has 3 N–H and O–H groups in total. The topological polar surface area (TPSA) is 71.8 Å². The number of rotatable bonds is 3. The monoisotopic (exact) mass is 215 g/mol. The highest BCUT2D eigenvalue weighted by atomic mass is 16.1. The first kappa shape index (κ1) is 10.4. The Balaban J connectivity index is 2.22. The lowest BCUT2D eigenvalue weighted by Crippen LogP contribution is -2.13. The summed E-state index contributed by atoms with van der Waals surface area (Å²) in [5, 5.41) is 0. The van der Waals surface area contributed by atoms with E-state index in [1.165, 1.54) is 0 Å². The number of benzene rings is 1. The van der Waals surface area contributed by atoms with Crippen LogP contribution in [0.4, 0.5) is 0 Å². The third kappa shape index (κ3) is 2.28. The van der Waals surface area contributed by atoms with Gasteiger partial charge in [0, 0.05) is 0 Å². The van der Waals surface area contributed by atoms with Crippen molar-refractivity contribution in [2.75, 3.05) is 0 Å². The van der Waals surface area contributed by atoms with Gasteiger partial charge in [-0.25, -0.2) is 4.98 Å². The summed E-state index contributed by atoms with van der Waals surface area (Å²) in [7, 11) is 0. The van der Waals surface area contributed by atoms with E-state index in [-0.39, 0.29) is 12.3 Å². The van der Waals surface area contributed by atoms with Gasteiger partial charge in [-0.3, -0.25) is 4.79 Å². The van der Waals surface area contributed by atoms with Crippen molar-refractivity contribution in [3.05, 3.63) is 41.9 Å². The number of hydrogen-bond donors (Lipinski definition) is 2. The highest BCUT2D eigenvalue weighted by molar-refractivity contribution is 5.76. The average molecular weight is 215 g/mol. The third-order valence-corrected chi connectivity index (χ3v) is 2.35.